The largest absolute Gasteiger partial charge is 0.468 e. The third-order valence-electron chi connectivity index (χ3n) is 4.21. The van der Waals surface area contributed by atoms with Crippen LogP contribution in [-0.4, -0.2) is 31.4 Å². The molecule has 114 valence electrons. The van der Waals surface area contributed by atoms with E-state index in [1.807, 2.05) is 0 Å². The topological polar surface area (TPSA) is 69.7 Å². The molecule has 1 atom stereocenters. The number of rotatable bonds is 7. The van der Waals surface area contributed by atoms with Crippen molar-refractivity contribution < 1.29 is 23.9 Å². The predicted molar refractivity (Wildman–Crippen MR) is 73.0 cm³/mol. The number of ether oxygens (including phenoxy) is 2. The van der Waals surface area contributed by atoms with E-state index in [1.165, 1.54) is 7.11 Å². The van der Waals surface area contributed by atoms with Gasteiger partial charge in [-0.15, -0.1) is 0 Å². The van der Waals surface area contributed by atoms with Crippen molar-refractivity contribution in [1.82, 2.24) is 0 Å². The molecule has 0 aromatic heterocycles. The molecule has 0 aromatic rings. The van der Waals surface area contributed by atoms with E-state index in [-0.39, 0.29) is 24.7 Å². The van der Waals surface area contributed by atoms with Gasteiger partial charge in [0.1, 0.15) is 5.78 Å². The van der Waals surface area contributed by atoms with E-state index in [1.54, 1.807) is 13.8 Å². The van der Waals surface area contributed by atoms with Crippen molar-refractivity contribution in [2.45, 2.75) is 52.4 Å². The van der Waals surface area contributed by atoms with Gasteiger partial charge in [0.2, 0.25) is 0 Å². The van der Waals surface area contributed by atoms with Crippen molar-refractivity contribution in [3.05, 3.63) is 0 Å². The van der Waals surface area contributed by atoms with Crippen LogP contribution in [0.25, 0.3) is 0 Å². The van der Waals surface area contributed by atoms with Crippen LogP contribution < -0.4 is 0 Å². The van der Waals surface area contributed by atoms with Crippen molar-refractivity contribution >= 4 is 17.7 Å². The van der Waals surface area contributed by atoms with Crippen LogP contribution in [0.15, 0.2) is 0 Å². The number of hydrogen-bond donors (Lipinski definition) is 0. The monoisotopic (exact) mass is 284 g/mol. The van der Waals surface area contributed by atoms with E-state index in [0.29, 0.717) is 6.42 Å². The first-order chi connectivity index (χ1) is 9.46. The molecule has 5 nitrogen and oxygen atoms in total. The minimum atomic E-state index is -1.25. The molecule has 0 spiro atoms. The first-order valence-electron chi connectivity index (χ1n) is 7.24. The molecule has 0 saturated heterocycles. The zero-order valence-electron chi connectivity index (χ0n) is 12.6. The molecule has 0 heterocycles. The van der Waals surface area contributed by atoms with Crippen molar-refractivity contribution in [2.75, 3.05) is 13.7 Å². The summed E-state index contributed by atoms with van der Waals surface area (Å²) in [4.78, 5) is 35.5. The second-order valence-electron chi connectivity index (χ2n) is 5.45. The average Bonchev–Trinajstić information content (AvgIpc) is 2.99. The number of esters is 2. The van der Waals surface area contributed by atoms with Gasteiger partial charge in [0.05, 0.1) is 13.7 Å². The molecule has 1 aliphatic rings. The lowest BCUT2D eigenvalue weighted by Crippen LogP contribution is -2.44. The number of carbonyl (C=O) groups excluding carboxylic acids is 3. The van der Waals surface area contributed by atoms with Crippen LogP contribution in [0.5, 0.6) is 0 Å². The molecule has 20 heavy (non-hydrogen) atoms. The minimum Gasteiger partial charge on any atom is -0.468 e. The fraction of sp³-hybridized carbons (Fsp3) is 0.800. The SMILES string of the molecule is CCC(=O)CCOC(=O)C(C)(C(=O)OC)C1CCCC1. The van der Waals surface area contributed by atoms with Gasteiger partial charge >= 0.3 is 11.9 Å². The maximum Gasteiger partial charge on any atom is 0.323 e. The molecule has 1 aliphatic carbocycles. The number of ketones is 1. The van der Waals surface area contributed by atoms with Crippen LogP contribution in [0.2, 0.25) is 0 Å². The van der Waals surface area contributed by atoms with E-state index >= 15 is 0 Å². The highest BCUT2D eigenvalue weighted by atomic mass is 16.6. The van der Waals surface area contributed by atoms with E-state index in [4.69, 9.17) is 9.47 Å². The fourth-order valence-corrected chi connectivity index (χ4v) is 2.72. The van der Waals surface area contributed by atoms with Crippen LogP contribution in [0.1, 0.15) is 52.4 Å². The number of hydrogen-bond acceptors (Lipinski definition) is 5. The van der Waals surface area contributed by atoms with Gasteiger partial charge in [-0.25, -0.2) is 0 Å². The highest BCUT2D eigenvalue weighted by molar-refractivity contribution is 6.00. The number of Topliss-reactive ketones (excluding diaryl/α,β-unsaturated/α-hetero) is 1. The minimum absolute atomic E-state index is 0.0326. The van der Waals surface area contributed by atoms with Gasteiger partial charge in [-0.05, 0) is 25.7 Å². The van der Waals surface area contributed by atoms with Gasteiger partial charge in [-0.2, -0.15) is 0 Å². The van der Waals surface area contributed by atoms with Crippen LogP contribution in [0, 0.1) is 11.3 Å². The van der Waals surface area contributed by atoms with E-state index in [0.717, 1.165) is 25.7 Å². The van der Waals surface area contributed by atoms with Gasteiger partial charge in [0.25, 0.3) is 0 Å². The predicted octanol–water partition coefficient (Wildman–Crippen LogP) is 2.27. The number of methoxy groups -OCH3 is 1. The Labute approximate surface area is 120 Å². The van der Waals surface area contributed by atoms with Gasteiger partial charge in [0.15, 0.2) is 5.41 Å². The molecule has 1 saturated carbocycles. The molecule has 0 amide bonds. The molecule has 0 aromatic carbocycles. The smallest absolute Gasteiger partial charge is 0.323 e. The van der Waals surface area contributed by atoms with Crippen molar-refractivity contribution in [3.8, 4) is 0 Å². The summed E-state index contributed by atoms with van der Waals surface area (Å²) in [7, 11) is 1.28. The zero-order valence-corrected chi connectivity index (χ0v) is 12.6. The molecule has 1 unspecified atom stereocenters. The Bertz CT molecular complexity index is 370. The average molecular weight is 284 g/mol. The van der Waals surface area contributed by atoms with Crippen LogP contribution in [-0.2, 0) is 23.9 Å². The van der Waals surface area contributed by atoms with E-state index in [2.05, 4.69) is 0 Å². The molecule has 1 fully saturated rings. The Balaban J connectivity index is 2.70. The quantitative estimate of drug-likeness (QED) is 0.530. The lowest BCUT2D eigenvalue weighted by molar-refractivity contribution is -0.174. The summed E-state index contributed by atoms with van der Waals surface area (Å²) < 4.78 is 9.95. The Kier molecular flexibility index (Phi) is 6.17. The first kappa shape index (κ1) is 16.7. The van der Waals surface area contributed by atoms with Crippen molar-refractivity contribution in [3.63, 3.8) is 0 Å². The fourth-order valence-electron chi connectivity index (χ4n) is 2.72. The van der Waals surface area contributed by atoms with Gasteiger partial charge in [-0.1, -0.05) is 19.8 Å². The molecule has 1 rings (SSSR count). The lowest BCUT2D eigenvalue weighted by atomic mass is 9.76. The molecule has 0 aliphatic heterocycles. The summed E-state index contributed by atoms with van der Waals surface area (Å²) in [6, 6.07) is 0. The van der Waals surface area contributed by atoms with Gasteiger partial charge < -0.3 is 9.47 Å². The summed E-state index contributed by atoms with van der Waals surface area (Å²) in [5.41, 5.74) is -1.25. The van der Waals surface area contributed by atoms with E-state index < -0.39 is 17.4 Å². The van der Waals surface area contributed by atoms with Crippen molar-refractivity contribution in [2.24, 2.45) is 11.3 Å². The molecule has 0 bridgehead atoms. The van der Waals surface area contributed by atoms with Crippen LogP contribution in [0.4, 0.5) is 0 Å². The summed E-state index contributed by atoms with van der Waals surface area (Å²) in [5, 5.41) is 0. The summed E-state index contributed by atoms with van der Waals surface area (Å²) in [6.07, 6.45) is 4.31. The molecule has 0 radical (unpaired) electrons. The Morgan fingerprint density at radius 2 is 1.75 bits per heavy atom. The zero-order chi connectivity index (χ0) is 15.2. The Morgan fingerprint density at radius 1 is 1.15 bits per heavy atom. The third-order valence-corrected chi connectivity index (χ3v) is 4.21. The Morgan fingerprint density at radius 3 is 2.25 bits per heavy atom. The second-order valence-corrected chi connectivity index (χ2v) is 5.45. The van der Waals surface area contributed by atoms with E-state index in [9.17, 15) is 14.4 Å². The molecule has 0 N–H and O–H groups in total. The van der Waals surface area contributed by atoms with Gasteiger partial charge in [0, 0.05) is 12.8 Å². The van der Waals surface area contributed by atoms with Gasteiger partial charge in [-0.3, -0.25) is 14.4 Å². The second kappa shape index (κ2) is 7.41. The highest BCUT2D eigenvalue weighted by Gasteiger charge is 2.51. The summed E-state index contributed by atoms with van der Waals surface area (Å²) in [6.45, 7) is 3.39. The third kappa shape index (κ3) is 3.58. The molecular formula is C15H24O5. The normalized spacial score (nSPS) is 18.4. The molecule has 5 heteroatoms. The van der Waals surface area contributed by atoms with Crippen molar-refractivity contribution in [1.29, 1.82) is 0 Å². The summed E-state index contributed by atoms with van der Waals surface area (Å²) >= 11 is 0. The van der Waals surface area contributed by atoms with Crippen LogP contribution in [0.3, 0.4) is 0 Å². The molecular weight excluding hydrogens is 260 g/mol. The lowest BCUT2D eigenvalue weighted by Gasteiger charge is -2.30. The first-order valence-corrected chi connectivity index (χ1v) is 7.24. The maximum atomic E-state index is 12.3. The highest BCUT2D eigenvalue weighted by Crippen LogP contribution is 2.41. The standard InChI is InChI=1S/C15H24O5/c1-4-12(16)9-10-20-14(18)15(2,13(17)19-3)11-7-5-6-8-11/h11H,4-10H2,1-3H3. The maximum absolute atomic E-state index is 12.3. The van der Waals surface area contributed by atoms with Crippen LogP contribution >= 0.6 is 0 Å². The summed E-state index contributed by atoms with van der Waals surface area (Å²) in [5.74, 6) is -1.11. The number of carbonyl (C=O) groups is 3. The Hall–Kier alpha value is -1.39.